The molecular formula is C13H24N4O. The molecule has 0 saturated carbocycles. The monoisotopic (exact) mass is 252 g/mol. The Kier molecular flexibility index (Phi) is 6.43. The van der Waals surface area contributed by atoms with Crippen LogP contribution in [0.4, 0.5) is 11.6 Å². The first kappa shape index (κ1) is 14.7. The van der Waals surface area contributed by atoms with Gasteiger partial charge in [0.15, 0.2) is 0 Å². The summed E-state index contributed by atoms with van der Waals surface area (Å²) < 4.78 is 5.08. The van der Waals surface area contributed by atoms with Crippen molar-refractivity contribution in [2.45, 2.75) is 26.7 Å². The Morgan fingerprint density at radius 3 is 2.72 bits per heavy atom. The standard InChI is InChI=1S/C13H24N4O/c1-5-7-14-12-10-13(16-11(6-2)15-12)17(3)8-9-18-4/h10H,5-9H2,1-4H3,(H,14,15,16). The van der Waals surface area contributed by atoms with Crippen LogP contribution >= 0.6 is 0 Å². The van der Waals surface area contributed by atoms with E-state index in [1.807, 2.05) is 13.1 Å². The molecule has 0 aliphatic carbocycles. The lowest BCUT2D eigenvalue weighted by Crippen LogP contribution is -2.24. The maximum atomic E-state index is 5.08. The van der Waals surface area contributed by atoms with Gasteiger partial charge < -0.3 is 15.0 Å². The Bertz CT molecular complexity index is 357. The van der Waals surface area contributed by atoms with Crippen LogP contribution < -0.4 is 10.2 Å². The van der Waals surface area contributed by atoms with Crippen molar-refractivity contribution in [1.82, 2.24) is 9.97 Å². The average molecular weight is 252 g/mol. The highest BCUT2D eigenvalue weighted by Gasteiger charge is 2.07. The fourth-order valence-corrected chi connectivity index (χ4v) is 1.52. The molecule has 1 N–H and O–H groups in total. The van der Waals surface area contributed by atoms with E-state index in [-0.39, 0.29) is 0 Å². The summed E-state index contributed by atoms with van der Waals surface area (Å²) in [7, 11) is 3.73. The van der Waals surface area contributed by atoms with Crippen molar-refractivity contribution in [2.75, 3.05) is 44.1 Å². The van der Waals surface area contributed by atoms with Gasteiger partial charge in [-0.2, -0.15) is 0 Å². The Morgan fingerprint density at radius 2 is 2.11 bits per heavy atom. The third-order valence-corrected chi connectivity index (χ3v) is 2.65. The van der Waals surface area contributed by atoms with Crippen molar-refractivity contribution in [3.63, 3.8) is 0 Å². The Labute approximate surface area is 110 Å². The van der Waals surface area contributed by atoms with Crippen molar-refractivity contribution in [1.29, 1.82) is 0 Å². The average Bonchev–Trinajstić information content (AvgIpc) is 2.41. The van der Waals surface area contributed by atoms with Crippen LogP contribution in [0.15, 0.2) is 6.07 Å². The summed E-state index contributed by atoms with van der Waals surface area (Å²) >= 11 is 0. The molecule has 5 heteroatoms. The largest absolute Gasteiger partial charge is 0.383 e. The van der Waals surface area contributed by atoms with Crippen LogP contribution in [0.25, 0.3) is 0 Å². The molecule has 0 amide bonds. The maximum Gasteiger partial charge on any atom is 0.134 e. The number of aryl methyl sites for hydroxylation is 1. The van der Waals surface area contributed by atoms with E-state index in [9.17, 15) is 0 Å². The number of hydrogen-bond donors (Lipinski definition) is 1. The third kappa shape index (κ3) is 4.49. The molecule has 1 heterocycles. The molecule has 0 aliphatic rings. The van der Waals surface area contributed by atoms with E-state index in [2.05, 4.69) is 34.0 Å². The van der Waals surface area contributed by atoms with Crippen LogP contribution in [0, 0.1) is 0 Å². The van der Waals surface area contributed by atoms with Crippen LogP contribution in [-0.2, 0) is 11.2 Å². The molecule has 0 saturated heterocycles. The van der Waals surface area contributed by atoms with E-state index in [4.69, 9.17) is 4.74 Å². The van der Waals surface area contributed by atoms with E-state index in [1.165, 1.54) is 0 Å². The predicted octanol–water partition coefficient (Wildman–Crippen LogP) is 1.94. The zero-order valence-electron chi connectivity index (χ0n) is 11.9. The normalized spacial score (nSPS) is 10.4. The quantitative estimate of drug-likeness (QED) is 0.766. The molecule has 1 aromatic rings. The SMILES string of the molecule is CCCNc1cc(N(C)CCOC)nc(CC)n1. The molecular weight excluding hydrogens is 228 g/mol. The lowest BCUT2D eigenvalue weighted by atomic mass is 10.4. The molecule has 0 fully saturated rings. The summed E-state index contributed by atoms with van der Waals surface area (Å²) in [4.78, 5) is 11.1. The van der Waals surface area contributed by atoms with Gasteiger partial charge in [0.1, 0.15) is 17.5 Å². The molecule has 0 unspecified atom stereocenters. The first-order chi connectivity index (χ1) is 8.71. The van der Waals surface area contributed by atoms with E-state index in [1.54, 1.807) is 7.11 Å². The van der Waals surface area contributed by atoms with Crippen molar-refractivity contribution < 1.29 is 4.74 Å². The maximum absolute atomic E-state index is 5.08. The number of rotatable bonds is 8. The Balaban J connectivity index is 2.81. The summed E-state index contributed by atoms with van der Waals surface area (Å²) in [5.74, 6) is 2.72. The second-order valence-corrected chi connectivity index (χ2v) is 4.22. The van der Waals surface area contributed by atoms with Gasteiger partial charge in [-0.25, -0.2) is 9.97 Å². The van der Waals surface area contributed by atoms with E-state index in [0.717, 1.165) is 43.4 Å². The minimum atomic E-state index is 0.694. The highest BCUT2D eigenvalue weighted by Crippen LogP contribution is 2.15. The lowest BCUT2D eigenvalue weighted by Gasteiger charge is -2.19. The minimum absolute atomic E-state index is 0.694. The molecule has 0 aromatic carbocycles. The smallest absolute Gasteiger partial charge is 0.134 e. The molecule has 5 nitrogen and oxygen atoms in total. The lowest BCUT2D eigenvalue weighted by molar-refractivity contribution is 0.206. The van der Waals surface area contributed by atoms with Crippen LogP contribution in [-0.4, -0.2) is 43.8 Å². The number of ether oxygens (including phenoxy) is 1. The van der Waals surface area contributed by atoms with Gasteiger partial charge in [-0.1, -0.05) is 13.8 Å². The van der Waals surface area contributed by atoms with Gasteiger partial charge in [-0.05, 0) is 6.42 Å². The Morgan fingerprint density at radius 1 is 1.33 bits per heavy atom. The van der Waals surface area contributed by atoms with Crippen LogP contribution in [0.5, 0.6) is 0 Å². The predicted molar refractivity (Wildman–Crippen MR) is 75.3 cm³/mol. The number of nitrogens with one attached hydrogen (secondary N) is 1. The third-order valence-electron chi connectivity index (χ3n) is 2.65. The molecule has 0 spiro atoms. The van der Waals surface area contributed by atoms with Gasteiger partial charge >= 0.3 is 0 Å². The minimum Gasteiger partial charge on any atom is -0.383 e. The number of likely N-dealkylation sites (N-methyl/N-ethyl adjacent to an activating group) is 1. The first-order valence-corrected chi connectivity index (χ1v) is 6.53. The molecule has 0 bridgehead atoms. The second-order valence-electron chi connectivity index (χ2n) is 4.22. The van der Waals surface area contributed by atoms with Gasteiger partial charge in [0.2, 0.25) is 0 Å². The van der Waals surface area contributed by atoms with Crippen molar-refractivity contribution in [3.8, 4) is 0 Å². The fourth-order valence-electron chi connectivity index (χ4n) is 1.52. The zero-order valence-corrected chi connectivity index (χ0v) is 11.9. The van der Waals surface area contributed by atoms with Gasteiger partial charge in [0.05, 0.1) is 6.61 Å². The van der Waals surface area contributed by atoms with Crippen LogP contribution in [0.2, 0.25) is 0 Å². The summed E-state index contributed by atoms with van der Waals surface area (Å²) in [5, 5.41) is 3.31. The topological polar surface area (TPSA) is 50.3 Å². The first-order valence-electron chi connectivity index (χ1n) is 6.53. The molecule has 102 valence electrons. The molecule has 0 radical (unpaired) electrons. The van der Waals surface area contributed by atoms with E-state index >= 15 is 0 Å². The number of hydrogen-bond acceptors (Lipinski definition) is 5. The number of aromatic nitrogens is 2. The summed E-state index contributed by atoms with van der Waals surface area (Å²) in [6, 6.07) is 1.99. The van der Waals surface area contributed by atoms with E-state index < -0.39 is 0 Å². The van der Waals surface area contributed by atoms with Gasteiger partial charge in [0, 0.05) is 39.7 Å². The van der Waals surface area contributed by atoms with Crippen LogP contribution in [0.1, 0.15) is 26.1 Å². The highest BCUT2D eigenvalue weighted by molar-refractivity contribution is 5.49. The summed E-state index contributed by atoms with van der Waals surface area (Å²) in [6.07, 6.45) is 1.92. The van der Waals surface area contributed by atoms with Gasteiger partial charge in [0.25, 0.3) is 0 Å². The summed E-state index contributed by atoms with van der Waals surface area (Å²) in [6.45, 7) is 6.66. The van der Waals surface area contributed by atoms with Gasteiger partial charge in [-0.15, -0.1) is 0 Å². The fraction of sp³-hybridized carbons (Fsp3) is 0.692. The van der Waals surface area contributed by atoms with Crippen molar-refractivity contribution in [3.05, 3.63) is 11.9 Å². The molecule has 0 aliphatic heterocycles. The van der Waals surface area contributed by atoms with Gasteiger partial charge in [-0.3, -0.25) is 0 Å². The molecule has 1 aromatic heterocycles. The molecule has 18 heavy (non-hydrogen) atoms. The summed E-state index contributed by atoms with van der Waals surface area (Å²) in [5.41, 5.74) is 0. The molecule has 0 atom stereocenters. The van der Waals surface area contributed by atoms with Crippen LogP contribution in [0.3, 0.4) is 0 Å². The number of methoxy groups -OCH3 is 1. The highest BCUT2D eigenvalue weighted by atomic mass is 16.5. The zero-order chi connectivity index (χ0) is 13.4. The second kappa shape index (κ2) is 7.87. The number of anilines is 2. The Hall–Kier alpha value is -1.36. The molecule has 1 rings (SSSR count). The number of nitrogens with zero attached hydrogens (tertiary/aromatic N) is 3. The van der Waals surface area contributed by atoms with Crippen molar-refractivity contribution in [2.24, 2.45) is 0 Å². The van der Waals surface area contributed by atoms with E-state index in [0.29, 0.717) is 6.61 Å². The van der Waals surface area contributed by atoms with Crippen molar-refractivity contribution >= 4 is 11.6 Å².